The fourth-order valence-electron chi connectivity index (χ4n) is 1.88. The molecule has 0 bridgehead atoms. The summed E-state index contributed by atoms with van der Waals surface area (Å²) < 4.78 is 4.95. The Hall–Kier alpha value is -3.29. The van der Waals surface area contributed by atoms with Gasteiger partial charge in [-0.1, -0.05) is 6.07 Å². The fourth-order valence-corrected chi connectivity index (χ4v) is 1.88. The van der Waals surface area contributed by atoms with Crippen LogP contribution in [0.1, 0.15) is 17.0 Å². The minimum absolute atomic E-state index is 0.111. The molecule has 1 aromatic heterocycles. The summed E-state index contributed by atoms with van der Waals surface area (Å²) in [6, 6.07) is 9.55. The molecule has 0 aliphatic heterocycles. The molecule has 0 saturated carbocycles. The van der Waals surface area contributed by atoms with Crippen LogP contribution in [0, 0.1) is 0 Å². The third-order valence-corrected chi connectivity index (χ3v) is 3.01. The molecule has 8 heteroatoms. The van der Waals surface area contributed by atoms with Crippen LogP contribution in [-0.2, 0) is 4.79 Å². The highest BCUT2D eigenvalue weighted by Crippen LogP contribution is 2.15. The summed E-state index contributed by atoms with van der Waals surface area (Å²) in [5.41, 5.74) is 1.10. The average molecular weight is 330 g/mol. The maximum absolute atomic E-state index is 11.9. The molecule has 1 heterocycles. The number of furan rings is 1. The number of nitrogens with one attached hydrogen (secondary N) is 4. The van der Waals surface area contributed by atoms with Crippen molar-refractivity contribution in [2.75, 3.05) is 24.2 Å². The standard InChI is InChI=1S/C16H18N4O4/c1-17-16(23)20-12-5-2-4-11(10-12)19-14(21)7-8-18-15(22)13-6-3-9-24-13/h2-6,9-10H,7-8H2,1H3,(H,18,22)(H,19,21)(H2,17,20,23). The maximum Gasteiger partial charge on any atom is 0.318 e. The van der Waals surface area contributed by atoms with Crippen molar-refractivity contribution in [1.29, 1.82) is 0 Å². The number of hydrogen-bond donors (Lipinski definition) is 4. The van der Waals surface area contributed by atoms with E-state index in [4.69, 9.17) is 4.42 Å². The lowest BCUT2D eigenvalue weighted by Gasteiger charge is -2.09. The topological polar surface area (TPSA) is 112 Å². The molecule has 2 rings (SSSR count). The number of anilines is 2. The molecule has 1 aromatic carbocycles. The van der Waals surface area contributed by atoms with E-state index in [0.717, 1.165) is 0 Å². The Morgan fingerprint density at radius 2 is 1.79 bits per heavy atom. The first kappa shape index (κ1) is 17.1. The summed E-state index contributed by atoms with van der Waals surface area (Å²) in [6.45, 7) is 0.182. The van der Waals surface area contributed by atoms with Crippen LogP contribution in [0.3, 0.4) is 0 Å². The summed E-state index contributed by atoms with van der Waals surface area (Å²) in [5, 5.41) is 10.3. The molecule has 2 aromatic rings. The Kier molecular flexibility index (Phi) is 5.95. The molecule has 8 nitrogen and oxygen atoms in total. The SMILES string of the molecule is CNC(=O)Nc1cccc(NC(=O)CCNC(=O)c2ccco2)c1. The van der Waals surface area contributed by atoms with Gasteiger partial charge in [-0.05, 0) is 30.3 Å². The van der Waals surface area contributed by atoms with Gasteiger partial charge in [-0.2, -0.15) is 0 Å². The second-order valence-electron chi connectivity index (χ2n) is 4.82. The lowest BCUT2D eigenvalue weighted by molar-refractivity contribution is -0.116. The van der Waals surface area contributed by atoms with Crippen molar-refractivity contribution >= 4 is 29.2 Å². The van der Waals surface area contributed by atoms with Crippen LogP contribution in [0.2, 0.25) is 0 Å². The molecule has 0 saturated heterocycles. The lowest BCUT2D eigenvalue weighted by atomic mass is 10.2. The van der Waals surface area contributed by atoms with E-state index in [1.54, 1.807) is 36.4 Å². The molecule has 0 aliphatic carbocycles. The molecule has 24 heavy (non-hydrogen) atoms. The predicted molar refractivity (Wildman–Crippen MR) is 88.8 cm³/mol. The number of urea groups is 1. The van der Waals surface area contributed by atoms with E-state index in [0.29, 0.717) is 11.4 Å². The third kappa shape index (κ3) is 5.16. The van der Waals surface area contributed by atoms with Crippen LogP contribution in [0.25, 0.3) is 0 Å². The van der Waals surface area contributed by atoms with E-state index in [1.807, 2.05) is 0 Å². The van der Waals surface area contributed by atoms with E-state index < -0.39 is 0 Å². The van der Waals surface area contributed by atoms with E-state index in [-0.39, 0.29) is 36.6 Å². The van der Waals surface area contributed by atoms with Gasteiger partial charge >= 0.3 is 6.03 Å². The van der Waals surface area contributed by atoms with Gasteiger partial charge in [0.25, 0.3) is 5.91 Å². The van der Waals surface area contributed by atoms with Crippen LogP contribution >= 0.6 is 0 Å². The van der Waals surface area contributed by atoms with E-state index in [1.165, 1.54) is 13.3 Å². The minimum atomic E-state index is -0.371. The van der Waals surface area contributed by atoms with Crippen LogP contribution in [0.15, 0.2) is 47.1 Å². The van der Waals surface area contributed by atoms with Crippen molar-refractivity contribution in [2.45, 2.75) is 6.42 Å². The van der Waals surface area contributed by atoms with Crippen molar-refractivity contribution in [1.82, 2.24) is 10.6 Å². The van der Waals surface area contributed by atoms with Gasteiger partial charge < -0.3 is 25.7 Å². The molecule has 0 aliphatic rings. The van der Waals surface area contributed by atoms with E-state index in [9.17, 15) is 14.4 Å². The van der Waals surface area contributed by atoms with Crippen molar-refractivity contribution in [2.24, 2.45) is 0 Å². The van der Waals surface area contributed by atoms with Crippen molar-refractivity contribution < 1.29 is 18.8 Å². The average Bonchev–Trinajstić information content (AvgIpc) is 3.09. The third-order valence-electron chi connectivity index (χ3n) is 3.01. The first-order valence-corrected chi connectivity index (χ1v) is 7.29. The van der Waals surface area contributed by atoms with Gasteiger partial charge in [0.2, 0.25) is 5.91 Å². The molecule has 126 valence electrons. The summed E-state index contributed by atoms with van der Waals surface area (Å²) in [6.07, 6.45) is 1.51. The van der Waals surface area contributed by atoms with Gasteiger partial charge in [0.1, 0.15) is 0 Å². The Morgan fingerprint density at radius 1 is 1.04 bits per heavy atom. The first-order valence-electron chi connectivity index (χ1n) is 7.29. The molecule has 4 N–H and O–H groups in total. The van der Waals surface area contributed by atoms with Crippen LogP contribution in [-0.4, -0.2) is 31.4 Å². The zero-order valence-corrected chi connectivity index (χ0v) is 13.1. The highest BCUT2D eigenvalue weighted by molar-refractivity contribution is 5.94. The molecular weight excluding hydrogens is 312 g/mol. The van der Waals surface area contributed by atoms with E-state index >= 15 is 0 Å². The fraction of sp³-hybridized carbons (Fsp3) is 0.188. The second-order valence-corrected chi connectivity index (χ2v) is 4.82. The van der Waals surface area contributed by atoms with Gasteiger partial charge in [-0.25, -0.2) is 4.79 Å². The smallest absolute Gasteiger partial charge is 0.318 e. The molecule has 0 radical (unpaired) electrons. The molecule has 0 fully saturated rings. The van der Waals surface area contributed by atoms with Gasteiger partial charge in [-0.3, -0.25) is 9.59 Å². The van der Waals surface area contributed by atoms with Crippen LogP contribution in [0.5, 0.6) is 0 Å². The molecular formula is C16H18N4O4. The zero-order valence-electron chi connectivity index (χ0n) is 13.1. The first-order chi connectivity index (χ1) is 11.6. The van der Waals surface area contributed by atoms with Crippen LogP contribution in [0.4, 0.5) is 16.2 Å². The van der Waals surface area contributed by atoms with Gasteiger partial charge in [-0.15, -0.1) is 0 Å². The maximum atomic E-state index is 11.9. The summed E-state index contributed by atoms with van der Waals surface area (Å²) in [5.74, 6) is -0.431. The Balaban J connectivity index is 1.78. The van der Waals surface area contributed by atoms with E-state index in [2.05, 4.69) is 21.3 Å². The summed E-state index contributed by atoms with van der Waals surface area (Å²) in [7, 11) is 1.51. The zero-order chi connectivity index (χ0) is 17.4. The summed E-state index contributed by atoms with van der Waals surface area (Å²) in [4.78, 5) is 34.8. The van der Waals surface area contributed by atoms with Crippen molar-refractivity contribution in [3.63, 3.8) is 0 Å². The molecule has 0 atom stereocenters. The number of benzene rings is 1. The van der Waals surface area contributed by atoms with Gasteiger partial charge in [0.15, 0.2) is 5.76 Å². The highest BCUT2D eigenvalue weighted by Gasteiger charge is 2.09. The monoisotopic (exact) mass is 330 g/mol. The van der Waals surface area contributed by atoms with Gasteiger partial charge in [0, 0.05) is 31.4 Å². The number of rotatable bonds is 6. The van der Waals surface area contributed by atoms with Crippen molar-refractivity contribution in [3.05, 3.63) is 48.4 Å². The number of carbonyl (C=O) groups is 3. The second kappa shape index (κ2) is 8.37. The van der Waals surface area contributed by atoms with Gasteiger partial charge in [0.05, 0.1) is 6.26 Å². The predicted octanol–water partition coefficient (Wildman–Crippen LogP) is 1.79. The number of carbonyl (C=O) groups excluding carboxylic acids is 3. The number of amides is 4. The Bertz CT molecular complexity index is 713. The minimum Gasteiger partial charge on any atom is -0.459 e. The Morgan fingerprint density at radius 3 is 2.46 bits per heavy atom. The normalized spacial score (nSPS) is 9.88. The Labute approximate surface area is 138 Å². The quantitative estimate of drug-likeness (QED) is 0.647. The lowest BCUT2D eigenvalue weighted by Crippen LogP contribution is -2.27. The molecule has 0 spiro atoms. The largest absolute Gasteiger partial charge is 0.459 e. The number of hydrogen-bond acceptors (Lipinski definition) is 4. The molecule has 0 unspecified atom stereocenters. The highest BCUT2D eigenvalue weighted by atomic mass is 16.3. The summed E-state index contributed by atoms with van der Waals surface area (Å²) >= 11 is 0. The van der Waals surface area contributed by atoms with Crippen LogP contribution < -0.4 is 21.3 Å². The van der Waals surface area contributed by atoms with Crippen molar-refractivity contribution in [3.8, 4) is 0 Å². The molecule has 4 amide bonds.